The SMILES string of the molecule is Cc1ccnc(N(C)C(C)CC(C)C)c1Br. The van der Waals surface area contributed by atoms with Crippen LogP contribution in [0.15, 0.2) is 16.7 Å². The van der Waals surface area contributed by atoms with E-state index in [0.29, 0.717) is 12.0 Å². The van der Waals surface area contributed by atoms with E-state index in [9.17, 15) is 0 Å². The van der Waals surface area contributed by atoms with Gasteiger partial charge in [0.05, 0.1) is 4.47 Å². The molecular formula is C13H21BrN2. The lowest BCUT2D eigenvalue weighted by atomic mass is 10.0. The van der Waals surface area contributed by atoms with Gasteiger partial charge in [0.25, 0.3) is 0 Å². The number of hydrogen-bond acceptors (Lipinski definition) is 2. The van der Waals surface area contributed by atoms with E-state index in [0.717, 1.165) is 10.3 Å². The van der Waals surface area contributed by atoms with Gasteiger partial charge in [-0.3, -0.25) is 0 Å². The molecule has 1 unspecified atom stereocenters. The summed E-state index contributed by atoms with van der Waals surface area (Å²) in [5.74, 6) is 1.74. The first-order valence-electron chi connectivity index (χ1n) is 5.77. The molecule has 0 amide bonds. The molecule has 1 aromatic heterocycles. The van der Waals surface area contributed by atoms with Gasteiger partial charge < -0.3 is 4.90 Å². The molecule has 0 fully saturated rings. The molecule has 0 aliphatic rings. The van der Waals surface area contributed by atoms with Crippen LogP contribution in [0.2, 0.25) is 0 Å². The van der Waals surface area contributed by atoms with E-state index in [1.54, 1.807) is 0 Å². The third-order valence-electron chi connectivity index (χ3n) is 2.87. The highest BCUT2D eigenvalue weighted by Gasteiger charge is 2.15. The van der Waals surface area contributed by atoms with Crippen LogP contribution in [-0.2, 0) is 0 Å². The topological polar surface area (TPSA) is 16.1 Å². The van der Waals surface area contributed by atoms with Crippen LogP contribution >= 0.6 is 15.9 Å². The first-order chi connectivity index (χ1) is 7.43. The Hall–Kier alpha value is -0.570. The van der Waals surface area contributed by atoms with Crippen molar-refractivity contribution in [3.8, 4) is 0 Å². The standard InChI is InChI=1S/C13H21BrN2/c1-9(2)8-11(4)16(5)13-12(14)10(3)6-7-15-13/h6-7,9,11H,8H2,1-5H3. The zero-order valence-electron chi connectivity index (χ0n) is 10.8. The average Bonchev–Trinajstić information content (AvgIpc) is 2.20. The first kappa shape index (κ1) is 13.5. The van der Waals surface area contributed by atoms with Gasteiger partial charge in [0.15, 0.2) is 0 Å². The van der Waals surface area contributed by atoms with Crippen LogP contribution in [0.4, 0.5) is 5.82 Å². The van der Waals surface area contributed by atoms with Gasteiger partial charge in [-0.2, -0.15) is 0 Å². The molecule has 0 radical (unpaired) electrons. The fourth-order valence-electron chi connectivity index (χ4n) is 1.82. The number of rotatable bonds is 4. The molecule has 1 heterocycles. The zero-order chi connectivity index (χ0) is 12.3. The Morgan fingerprint density at radius 3 is 2.56 bits per heavy atom. The Bertz CT molecular complexity index is 350. The quantitative estimate of drug-likeness (QED) is 0.830. The number of pyridine rings is 1. The lowest BCUT2D eigenvalue weighted by Crippen LogP contribution is -2.31. The average molecular weight is 285 g/mol. The molecule has 0 N–H and O–H groups in total. The third kappa shape index (κ3) is 3.21. The summed E-state index contributed by atoms with van der Waals surface area (Å²) in [6, 6.07) is 2.53. The van der Waals surface area contributed by atoms with Crippen molar-refractivity contribution in [3.05, 3.63) is 22.3 Å². The van der Waals surface area contributed by atoms with Crippen LogP contribution in [0.1, 0.15) is 32.8 Å². The molecule has 0 saturated heterocycles. The summed E-state index contributed by atoms with van der Waals surface area (Å²) >= 11 is 3.61. The number of aryl methyl sites for hydroxylation is 1. The minimum atomic E-state index is 0.505. The van der Waals surface area contributed by atoms with Gasteiger partial charge in [-0.15, -0.1) is 0 Å². The summed E-state index contributed by atoms with van der Waals surface area (Å²) in [6.07, 6.45) is 3.05. The Labute approximate surface area is 107 Å². The number of hydrogen-bond donors (Lipinski definition) is 0. The molecule has 0 aliphatic heterocycles. The molecule has 1 rings (SSSR count). The van der Waals surface area contributed by atoms with E-state index in [-0.39, 0.29) is 0 Å². The molecule has 1 atom stereocenters. The summed E-state index contributed by atoms with van der Waals surface area (Å²) < 4.78 is 1.10. The van der Waals surface area contributed by atoms with Crippen LogP contribution in [0.5, 0.6) is 0 Å². The van der Waals surface area contributed by atoms with Gasteiger partial charge in [0.2, 0.25) is 0 Å². The second-order valence-electron chi connectivity index (χ2n) is 4.85. The van der Waals surface area contributed by atoms with Gasteiger partial charge in [0.1, 0.15) is 5.82 Å². The van der Waals surface area contributed by atoms with E-state index >= 15 is 0 Å². The number of nitrogens with zero attached hydrogens (tertiary/aromatic N) is 2. The fraction of sp³-hybridized carbons (Fsp3) is 0.615. The summed E-state index contributed by atoms with van der Waals surface area (Å²) in [7, 11) is 2.11. The highest BCUT2D eigenvalue weighted by molar-refractivity contribution is 9.10. The van der Waals surface area contributed by atoms with Crippen molar-refractivity contribution in [3.63, 3.8) is 0 Å². The number of anilines is 1. The smallest absolute Gasteiger partial charge is 0.143 e. The highest BCUT2D eigenvalue weighted by atomic mass is 79.9. The van der Waals surface area contributed by atoms with Crippen molar-refractivity contribution in [1.29, 1.82) is 0 Å². The van der Waals surface area contributed by atoms with E-state index < -0.39 is 0 Å². The third-order valence-corrected chi connectivity index (χ3v) is 3.85. The molecule has 1 aromatic rings. The molecule has 0 aliphatic carbocycles. The Balaban J connectivity index is 2.87. The number of aromatic nitrogens is 1. The molecule has 90 valence electrons. The van der Waals surface area contributed by atoms with Crippen LogP contribution in [0.25, 0.3) is 0 Å². The van der Waals surface area contributed by atoms with Gasteiger partial charge in [0, 0.05) is 19.3 Å². The lowest BCUT2D eigenvalue weighted by Gasteiger charge is -2.28. The maximum Gasteiger partial charge on any atom is 0.143 e. The van der Waals surface area contributed by atoms with Crippen molar-refractivity contribution >= 4 is 21.7 Å². The molecule has 2 nitrogen and oxygen atoms in total. The first-order valence-corrected chi connectivity index (χ1v) is 6.56. The van der Waals surface area contributed by atoms with E-state index in [1.165, 1.54) is 12.0 Å². The summed E-state index contributed by atoms with van der Waals surface area (Å²) in [5, 5.41) is 0. The van der Waals surface area contributed by atoms with E-state index in [2.05, 4.69) is 60.6 Å². The van der Waals surface area contributed by atoms with Crippen LogP contribution in [0.3, 0.4) is 0 Å². The molecule has 0 bridgehead atoms. The second-order valence-corrected chi connectivity index (χ2v) is 5.65. The van der Waals surface area contributed by atoms with E-state index in [4.69, 9.17) is 0 Å². The van der Waals surface area contributed by atoms with Crippen LogP contribution in [-0.4, -0.2) is 18.1 Å². The molecule has 3 heteroatoms. The van der Waals surface area contributed by atoms with Gasteiger partial charge >= 0.3 is 0 Å². The molecule has 16 heavy (non-hydrogen) atoms. The summed E-state index contributed by atoms with van der Waals surface area (Å²) in [4.78, 5) is 6.69. The minimum absolute atomic E-state index is 0.505. The largest absolute Gasteiger partial charge is 0.356 e. The normalized spacial score (nSPS) is 12.9. The predicted octanol–water partition coefficient (Wildman–Crippen LogP) is 4.02. The fourth-order valence-corrected chi connectivity index (χ4v) is 2.34. The second kappa shape index (κ2) is 5.67. The Morgan fingerprint density at radius 1 is 1.38 bits per heavy atom. The molecule has 0 spiro atoms. The van der Waals surface area contributed by atoms with E-state index in [1.807, 2.05) is 12.3 Å². The van der Waals surface area contributed by atoms with Crippen molar-refractivity contribution in [1.82, 2.24) is 4.98 Å². The lowest BCUT2D eigenvalue weighted by molar-refractivity contribution is 0.501. The monoisotopic (exact) mass is 284 g/mol. The highest BCUT2D eigenvalue weighted by Crippen LogP contribution is 2.28. The molecule has 0 saturated carbocycles. The van der Waals surface area contributed by atoms with Gasteiger partial charge in [-0.05, 0) is 53.7 Å². The minimum Gasteiger partial charge on any atom is -0.356 e. The van der Waals surface area contributed by atoms with Crippen molar-refractivity contribution < 1.29 is 0 Å². The van der Waals surface area contributed by atoms with Crippen molar-refractivity contribution in [2.45, 2.75) is 40.2 Å². The molecular weight excluding hydrogens is 264 g/mol. The van der Waals surface area contributed by atoms with Crippen molar-refractivity contribution in [2.75, 3.05) is 11.9 Å². The molecule has 0 aromatic carbocycles. The summed E-state index contributed by atoms with van der Waals surface area (Å²) in [5.41, 5.74) is 1.23. The maximum atomic E-state index is 4.45. The summed E-state index contributed by atoms with van der Waals surface area (Å²) in [6.45, 7) is 8.85. The van der Waals surface area contributed by atoms with Crippen molar-refractivity contribution in [2.24, 2.45) is 5.92 Å². The maximum absolute atomic E-state index is 4.45. The van der Waals surface area contributed by atoms with Gasteiger partial charge in [-0.25, -0.2) is 4.98 Å². The number of halogens is 1. The predicted molar refractivity (Wildman–Crippen MR) is 74.0 cm³/mol. The van der Waals surface area contributed by atoms with Gasteiger partial charge in [-0.1, -0.05) is 13.8 Å². The Morgan fingerprint density at radius 2 is 2.00 bits per heavy atom. The van der Waals surface area contributed by atoms with Crippen LogP contribution in [0, 0.1) is 12.8 Å². The zero-order valence-corrected chi connectivity index (χ0v) is 12.4. The van der Waals surface area contributed by atoms with Crippen LogP contribution < -0.4 is 4.90 Å². The Kier molecular flexibility index (Phi) is 4.78.